The van der Waals surface area contributed by atoms with Crippen molar-refractivity contribution in [2.45, 2.75) is 12.0 Å². The maximum atomic E-state index is 12.2. The lowest BCUT2D eigenvalue weighted by Crippen LogP contribution is -2.41. The molecule has 0 aliphatic carbocycles. The summed E-state index contributed by atoms with van der Waals surface area (Å²) in [5.41, 5.74) is 4.87. The molecule has 1 aliphatic rings. The van der Waals surface area contributed by atoms with Gasteiger partial charge in [0.25, 0.3) is 5.91 Å². The van der Waals surface area contributed by atoms with Gasteiger partial charge in [-0.15, -0.1) is 0 Å². The smallest absolute Gasteiger partial charge is 0.340 e. The van der Waals surface area contributed by atoms with Crippen molar-refractivity contribution in [1.29, 1.82) is 0 Å². The SMILES string of the molecule is NC1CNC(=O)C1(F)F. The van der Waals surface area contributed by atoms with Gasteiger partial charge in [0.05, 0.1) is 6.04 Å². The van der Waals surface area contributed by atoms with E-state index in [1.165, 1.54) is 0 Å². The first-order chi connectivity index (χ1) is 4.05. The number of hydrogen-bond donors (Lipinski definition) is 2. The van der Waals surface area contributed by atoms with E-state index in [-0.39, 0.29) is 6.54 Å². The minimum Gasteiger partial charge on any atom is -0.349 e. The standard InChI is InChI=1S/C4H6F2N2O/c5-4(6)2(7)1-8-3(4)9/h2H,1,7H2,(H,8,9). The van der Waals surface area contributed by atoms with Crippen LogP contribution >= 0.6 is 0 Å². The number of rotatable bonds is 0. The van der Waals surface area contributed by atoms with Crippen LogP contribution in [0.15, 0.2) is 0 Å². The summed E-state index contributed by atoms with van der Waals surface area (Å²) in [4.78, 5) is 10.2. The zero-order valence-electron chi connectivity index (χ0n) is 4.53. The molecule has 3 nitrogen and oxygen atoms in total. The molecule has 5 heteroatoms. The van der Waals surface area contributed by atoms with E-state index in [0.717, 1.165) is 0 Å². The maximum Gasteiger partial charge on any atom is 0.340 e. The molecule has 1 fully saturated rings. The fourth-order valence-corrected chi connectivity index (χ4v) is 0.617. The van der Waals surface area contributed by atoms with E-state index in [1.807, 2.05) is 5.32 Å². The van der Waals surface area contributed by atoms with E-state index in [0.29, 0.717) is 0 Å². The highest BCUT2D eigenvalue weighted by molar-refractivity contribution is 5.86. The number of nitrogens with one attached hydrogen (secondary N) is 1. The van der Waals surface area contributed by atoms with Gasteiger partial charge >= 0.3 is 5.92 Å². The van der Waals surface area contributed by atoms with Crippen molar-refractivity contribution >= 4 is 5.91 Å². The molecule has 52 valence electrons. The predicted molar refractivity (Wildman–Crippen MR) is 25.9 cm³/mol. The Kier molecular flexibility index (Phi) is 1.16. The number of alkyl halides is 2. The zero-order valence-corrected chi connectivity index (χ0v) is 4.53. The Bertz CT molecular complexity index is 148. The third-order valence-electron chi connectivity index (χ3n) is 1.25. The number of carbonyl (C=O) groups is 1. The van der Waals surface area contributed by atoms with E-state index in [9.17, 15) is 13.6 Å². The molecule has 1 heterocycles. The Morgan fingerprint density at radius 2 is 2.33 bits per heavy atom. The predicted octanol–water partition coefficient (Wildman–Crippen LogP) is -0.921. The topological polar surface area (TPSA) is 55.1 Å². The second-order valence-corrected chi connectivity index (χ2v) is 1.94. The molecule has 1 saturated heterocycles. The van der Waals surface area contributed by atoms with Crippen LogP contribution in [0.1, 0.15) is 0 Å². The van der Waals surface area contributed by atoms with Crippen LogP contribution in [0.3, 0.4) is 0 Å². The fourth-order valence-electron chi connectivity index (χ4n) is 0.617. The van der Waals surface area contributed by atoms with Crippen molar-refractivity contribution < 1.29 is 13.6 Å². The average Bonchev–Trinajstić information content (AvgIpc) is 1.96. The van der Waals surface area contributed by atoms with Crippen molar-refractivity contribution in [3.8, 4) is 0 Å². The van der Waals surface area contributed by atoms with Crippen LogP contribution in [-0.2, 0) is 4.79 Å². The lowest BCUT2D eigenvalue weighted by molar-refractivity contribution is -0.141. The Morgan fingerprint density at radius 1 is 1.78 bits per heavy atom. The van der Waals surface area contributed by atoms with E-state index in [2.05, 4.69) is 0 Å². The van der Waals surface area contributed by atoms with E-state index < -0.39 is 17.9 Å². The molecule has 0 aromatic rings. The van der Waals surface area contributed by atoms with Gasteiger partial charge in [-0.05, 0) is 0 Å². The third-order valence-corrected chi connectivity index (χ3v) is 1.25. The molecular formula is C4H6F2N2O. The number of nitrogens with two attached hydrogens (primary N) is 1. The largest absolute Gasteiger partial charge is 0.349 e. The fraction of sp³-hybridized carbons (Fsp3) is 0.750. The van der Waals surface area contributed by atoms with Gasteiger partial charge in [0.15, 0.2) is 0 Å². The van der Waals surface area contributed by atoms with Crippen LogP contribution in [-0.4, -0.2) is 24.4 Å². The first-order valence-electron chi connectivity index (χ1n) is 2.47. The summed E-state index contributed by atoms with van der Waals surface area (Å²) in [6, 6.07) is -1.36. The second kappa shape index (κ2) is 1.63. The van der Waals surface area contributed by atoms with Crippen LogP contribution in [0.25, 0.3) is 0 Å². The van der Waals surface area contributed by atoms with Crippen LogP contribution in [0.4, 0.5) is 8.78 Å². The van der Waals surface area contributed by atoms with Gasteiger partial charge in [-0.3, -0.25) is 4.79 Å². The summed E-state index contributed by atoms with van der Waals surface area (Å²) in [6.45, 7) is -0.133. The minimum atomic E-state index is -3.36. The second-order valence-electron chi connectivity index (χ2n) is 1.94. The maximum absolute atomic E-state index is 12.2. The lowest BCUT2D eigenvalue weighted by atomic mass is 10.2. The third kappa shape index (κ3) is 0.769. The van der Waals surface area contributed by atoms with Gasteiger partial charge in [-0.2, -0.15) is 8.78 Å². The summed E-state index contributed by atoms with van der Waals surface area (Å²) in [5.74, 6) is -4.63. The molecule has 3 N–H and O–H groups in total. The molecule has 1 unspecified atom stereocenters. The number of carbonyl (C=O) groups excluding carboxylic acids is 1. The van der Waals surface area contributed by atoms with Crippen LogP contribution in [0, 0.1) is 0 Å². The summed E-state index contributed by atoms with van der Waals surface area (Å²) >= 11 is 0. The molecule has 0 aromatic carbocycles. The van der Waals surface area contributed by atoms with E-state index in [1.54, 1.807) is 0 Å². The summed E-state index contributed by atoms with van der Waals surface area (Å²) in [7, 11) is 0. The highest BCUT2D eigenvalue weighted by Gasteiger charge is 2.50. The highest BCUT2D eigenvalue weighted by Crippen LogP contribution is 2.20. The Labute approximate surface area is 50.2 Å². The van der Waals surface area contributed by atoms with Crippen molar-refractivity contribution in [1.82, 2.24) is 5.32 Å². The average molecular weight is 136 g/mol. The first-order valence-corrected chi connectivity index (χ1v) is 2.47. The Morgan fingerprint density at radius 3 is 2.44 bits per heavy atom. The van der Waals surface area contributed by atoms with Crippen LogP contribution < -0.4 is 11.1 Å². The van der Waals surface area contributed by atoms with Crippen LogP contribution in [0.2, 0.25) is 0 Å². The molecule has 1 atom stereocenters. The monoisotopic (exact) mass is 136 g/mol. The molecule has 0 bridgehead atoms. The van der Waals surface area contributed by atoms with Crippen molar-refractivity contribution in [2.75, 3.05) is 6.54 Å². The highest BCUT2D eigenvalue weighted by atomic mass is 19.3. The van der Waals surface area contributed by atoms with Gasteiger partial charge in [0.1, 0.15) is 0 Å². The molecule has 0 aromatic heterocycles. The van der Waals surface area contributed by atoms with Gasteiger partial charge in [-0.25, -0.2) is 0 Å². The molecule has 0 radical (unpaired) electrons. The Balaban J connectivity index is 2.78. The van der Waals surface area contributed by atoms with E-state index in [4.69, 9.17) is 5.73 Å². The van der Waals surface area contributed by atoms with Gasteiger partial charge in [0.2, 0.25) is 0 Å². The first kappa shape index (κ1) is 6.41. The van der Waals surface area contributed by atoms with Crippen LogP contribution in [0.5, 0.6) is 0 Å². The lowest BCUT2D eigenvalue weighted by Gasteiger charge is -2.08. The number of amides is 1. The van der Waals surface area contributed by atoms with Gasteiger partial charge in [0, 0.05) is 6.54 Å². The molecule has 1 amide bonds. The summed E-state index contributed by atoms with van der Waals surface area (Å²) in [6.07, 6.45) is 0. The van der Waals surface area contributed by atoms with Crippen molar-refractivity contribution in [3.63, 3.8) is 0 Å². The number of hydrogen-bond acceptors (Lipinski definition) is 2. The van der Waals surface area contributed by atoms with Gasteiger partial charge in [-0.1, -0.05) is 0 Å². The molecule has 1 rings (SSSR count). The van der Waals surface area contributed by atoms with Crippen molar-refractivity contribution in [3.05, 3.63) is 0 Å². The molecule has 0 spiro atoms. The number of halogens is 2. The Hall–Kier alpha value is -0.710. The summed E-state index contributed by atoms with van der Waals surface area (Å²) in [5, 5.41) is 1.95. The normalized spacial score (nSPS) is 32.3. The van der Waals surface area contributed by atoms with Gasteiger partial charge < -0.3 is 11.1 Å². The molecular weight excluding hydrogens is 130 g/mol. The molecule has 0 saturated carbocycles. The van der Waals surface area contributed by atoms with E-state index >= 15 is 0 Å². The summed E-state index contributed by atoms with van der Waals surface area (Å²) < 4.78 is 24.4. The van der Waals surface area contributed by atoms with Crippen molar-refractivity contribution in [2.24, 2.45) is 5.73 Å². The zero-order chi connectivity index (χ0) is 7.07. The molecule has 1 aliphatic heterocycles. The molecule has 9 heavy (non-hydrogen) atoms. The quantitative estimate of drug-likeness (QED) is 0.452. The minimum absolute atomic E-state index is 0.133.